The molecule has 4 rings (SSSR count). The molecule has 1 heterocycles. The maximum absolute atomic E-state index is 10.2. The van der Waals surface area contributed by atoms with Gasteiger partial charge in [0.15, 0.2) is 0 Å². The maximum Gasteiger partial charge on any atom is 0.114 e. The number of rotatable bonds is 0. The maximum atomic E-state index is 10.2. The summed E-state index contributed by atoms with van der Waals surface area (Å²) in [5, 5.41) is 10.2. The first-order chi connectivity index (χ1) is 8.90. The predicted molar refractivity (Wildman–Crippen MR) is 74.8 cm³/mol. The van der Waals surface area contributed by atoms with E-state index in [0.29, 0.717) is 5.41 Å². The molecular weight excluding hydrogens is 236 g/mol. The number of aliphatic hydroxyl groups excluding tert-OH is 1. The molecule has 0 aromatic carbocycles. The van der Waals surface area contributed by atoms with Crippen LogP contribution in [-0.2, 0) is 4.74 Å². The highest BCUT2D eigenvalue weighted by atomic mass is 16.6. The van der Waals surface area contributed by atoms with E-state index in [-0.39, 0.29) is 23.2 Å². The lowest BCUT2D eigenvalue weighted by Crippen LogP contribution is -2.53. The summed E-state index contributed by atoms with van der Waals surface area (Å²) in [6, 6.07) is 0. The number of epoxide rings is 1. The van der Waals surface area contributed by atoms with Crippen molar-refractivity contribution in [3.05, 3.63) is 11.1 Å². The second-order valence-corrected chi connectivity index (χ2v) is 8.12. The van der Waals surface area contributed by atoms with Crippen molar-refractivity contribution in [1.29, 1.82) is 0 Å². The Kier molecular flexibility index (Phi) is 2.26. The smallest absolute Gasteiger partial charge is 0.114 e. The summed E-state index contributed by atoms with van der Waals surface area (Å²) < 4.78 is 6.16. The van der Waals surface area contributed by atoms with Crippen LogP contribution in [0.4, 0.5) is 0 Å². The van der Waals surface area contributed by atoms with Gasteiger partial charge in [-0.2, -0.15) is 0 Å². The molecule has 0 aromatic rings. The van der Waals surface area contributed by atoms with E-state index in [1.807, 2.05) is 0 Å². The largest absolute Gasteiger partial charge is 0.390 e. The number of hydrogen-bond donors (Lipinski definition) is 1. The molecule has 1 aliphatic heterocycles. The van der Waals surface area contributed by atoms with Gasteiger partial charge in [0.05, 0.1) is 6.10 Å². The Hall–Kier alpha value is -0.340. The Labute approximate surface area is 116 Å². The summed E-state index contributed by atoms with van der Waals surface area (Å²) in [6.45, 7) is 7.20. The fourth-order valence-electron chi connectivity index (χ4n) is 5.58. The fourth-order valence-corrected chi connectivity index (χ4v) is 5.58. The Bertz CT molecular complexity index is 468. The molecule has 5 atom stereocenters. The molecule has 106 valence electrons. The van der Waals surface area contributed by atoms with Crippen LogP contribution in [0.3, 0.4) is 0 Å². The first-order valence-corrected chi connectivity index (χ1v) is 7.95. The van der Waals surface area contributed by atoms with Crippen LogP contribution < -0.4 is 0 Å². The summed E-state index contributed by atoms with van der Waals surface area (Å²) >= 11 is 0. The second kappa shape index (κ2) is 3.46. The van der Waals surface area contributed by atoms with Gasteiger partial charge in [0.2, 0.25) is 0 Å². The highest BCUT2D eigenvalue weighted by Gasteiger charge is 2.74. The van der Waals surface area contributed by atoms with Crippen molar-refractivity contribution in [2.45, 2.75) is 83.5 Å². The molecule has 0 aromatic heterocycles. The minimum atomic E-state index is -0.216. The molecule has 1 N–H and O–H groups in total. The van der Waals surface area contributed by atoms with Gasteiger partial charge in [0, 0.05) is 5.41 Å². The lowest BCUT2D eigenvalue weighted by atomic mass is 9.49. The average molecular weight is 262 g/mol. The first kappa shape index (κ1) is 12.4. The SMILES string of the molecule is CC1=C2C[C@]3(C)CC[C@@H](O)[C@H]4O[C@]43C[C@]2(C)CCC1. The van der Waals surface area contributed by atoms with Crippen molar-refractivity contribution < 1.29 is 9.84 Å². The van der Waals surface area contributed by atoms with Gasteiger partial charge in [-0.05, 0) is 57.3 Å². The normalized spacial score (nSPS) is 56.2. The molecule has 2 heteroatoms. The van der Waals surface area contributed by atoms with Crippen LogP contribution in [0.25, 0.3) is 0 Å². The van der Waals surface area contributed by atoms with Crippen molar-refractivity contribution in [2.75, 3.05) is 0 Å². The lowest BCUT2D eigenvalue weighted by molar-refractivity contribution is 0.00448. The van der Waals surface area contributed by atoms with Gasteiger partial charge in [-0.3, -0.25) is 0 Å². The molecule has 19 heavy (non-hydrogen) atoms. The monoisotopic (exact) mass is 262 g/mol. The zero-order valence-electron chi connectivity index (χ0n) is 12.5. The summed E-state index contributed by atoms with van der Waals surface area (Å²) in [4.78, 5) is 0. The van der Waals surface area contributed by atoms with Crippen molar-refractivity contribution >= 4 is 0 Å². The van der Waals surface area contributed by atoms with E-state index in [1.165, 1.54) is 25.7 Å². The van der Waals surface area contributed by atoms with Gasteiger partial charge in [0.25, 0.3) is 0 Å². The van der Waals surface area contributed by atoms with E-state index in [4.69, 9.17) is 4.74 Å². The summed E-state index contributed by atoms with van der Waals surface area (Å²) in [5.74, 6) is 0. The molecule has 3 fully saturated rings. The van der Waals surface area contributed by atoms with Crippen LogP contribution in [0.2, 0.25) is 0 Å². The third kappa shape index (κ3) is 1.40. The zero-order valence-corrected chi connectivity index (χ0v) is 12.5. The third-order valence-electron chi connectivity index (χ3n) is 6.85. The zero-order chi connectivity index (χ0) is 13.5. The molecular formula is C17H26O2. The lowest BCUT2D eigenvalue weighted by Gasteiger charge is -2.54. The number of fused-ring (bicyclic) bond motifs is 1. The Morgan fingerprint density at radius 1 is 1.26 bits per heavy atom. The van der Waals surface area contributed by atoms with Crippen LogP contribution in [0.5, 0.6) is 0 Å². The highest BCUT2D eigenvalue weighted by molar-refractivity contribution is 5.35. The van der Waals surface area contributed by atoms with E-state index >= 15 is 0 Å². The number of hydrogen-bond acceptors (Lipinski definition) is 2. The van der Waals surface area contributed by atoms with Crippen LogP contribution in [0, 0.1) is 10.8 Å². The number of allylic oxidation sites excluding steroid dienone is 2. The van der Waals surface area contributed by atoms with Gasteiger partial charge in [-0.15, -0.1) is 0 Å². The minimum absolute atomic E-state index is 0.000532. The Balaban J connectivity index is 1.78. The Morgan fingerprint density at radius 3 is 2.84 bits per heavy atom. The molecule has 0 unspecified atom stereocenters. The van der Waals surface area contributed by atoms with E-state index in [1.54, 1.807) is 11.1 Å². The van der Waals surface area contributed by atoms with Gasteiger partial charge >= 0.3 is 0 Å². The van der Waals surface area contributed by atoms with Crippen molar-refractivity contribution in [2.24, 2.45) is 10.8 Å². The number of ether oxygens (including phenoxy) is 1. The molecule has 3 aliphatic carbocycles. The van der Waals surface area contributed by atoms with E-state index in [2.05, 4.69) is 20.8 Å². The average Bonchev–Trinajstić information content (AvgIpc) is 3.06. The van der Waals surface area contributed by atoms with Crippen LogP contribution >= 0.6 is 0 Å². The quantitative estimate of drug-likeness (QED) is 0.534. The molecule has 0 amide bonds. The van der Waals surface area contributed by atoms with E-state index in [0.717, 1.165) is 19.3 Å². The minimum Gasteiger partial charge on any atom is -0.390 e. The highest BCUT2D eigenvalue weighted by Crippen LogP contribution is 2.70. The van der Waals surface area contributed by atoms with Crippen molar-refractivity contribution in [3.8, 4) is 0 Å². The van der Waals surface area contributed by atoms with Gasteiger partial charge in [0.1, 0.15) is 11.7 Å². The molecule has 1 saturated heterocycles. The molecule has 0 bridgehead atoms. The van der Waals surface area contributed by atoms with Crippen LogP contribution in [0.15, 0.2) is 11.1 Å². The van der Waals surface area contributed by atoms with Gasteiger partial charge < -0.3 is 9.84 Å². The molecule has 0 radical (unpaired) electrons. The summed E-state index contributed by atoms with van der Waals surface area (Å²) in [7, 11) is 0. The van der Waals surface area contributed by atoms with Gasteiger partial charge in [-0.1, -0.05) is 25.0 Å². The van der Waals surface area contributed by atoms with Crippen LogP contribution in [0.1, 0.15) is 65.7 Å². The predicted octanol–water partition coefficient (Wildman–Crippen LogP) is 3.59. The molecule has 2 saturated carbocycles. The summed E-state index contributed by atoms with van der Waals surface area (Å²) in [6.07, 6.45) is 8.24. The van der Waals surface area contributed by atoms with Crippen molar-refractivity contribution in [3.63, 3.8) is 0 Å². The van der Waals surface area contributed by atoms with Crippen LogP contribution in [-0.4, -0.2) is 22.9 Å². The molecule has 1 spiro atoms. The fraction of sp³-hybridized carbons (Fsp3) is 0.882. The summed E-state index contributed by atoms with van der Waals surface area (Å²) in [5.41, 5.74) is 3.99. The van der Waals surface area contributed by atoms with E-state index in [9.17, 15) is 5.11 Å². The topological polar surface area (TPSA) is 32.8 Å². The number of aliphatic hydroxyl groups is 1. The third-order valence-corrected chi connectivity index (χ3v) is 6.85. The van der Waals surface area contributed by atoms with E-state index < -0.39 is 0 Å². The standard InChI is InChI=1S/C17H26O2/c1-11-5-4-7-15(2)10-17-14(19-17)13(18)6-8-16(17,3)9-12(11)15/h13-14,18H,4-10H2,1-3H3/t13-,14-,15+,16+,17-/m1/s1. The Morgan fingerprint density at radius 2 is 2.05 bits per heavy atom. The van der Waals surface area contributed by atoms with Gasteiger partial charge in [-0.25, -0.2) is 0 Å². The molecule has 4 aliphatic rings. The van der Waals surface area contributed by atoms with Crippen molar-refractivity contribution in [1.82, 2.24) is 0 Å². The second-order valence-electron chi connectivity index (χ2n) is 8.12. The first-order valence-electron chi connectivity index (χ1n) is 7.95. The molecule has 2 nitrogen and oxygen atoms in total.